The van der Waals surface area contributed by atoms with Crippen molar-refractivity contribution in [3.63, 3.8) is 0 Å². The molecule has 9 heteroatoms. The molecule has 0 saturated heterocycles. The van der Waals surface area contributed by atoms with E-state index in [1.54, 1.807) is 23.1 Å². The number of nitrogens with zero attached hydrogens (tertiary/aromatic N) is 3. The average molecular weight is 353 g/mol. The van der Waals surface area contributed by atoms with Gasteiger partial charge >= 0.3 is 6.61 Å². The molecule has 0 bridgehead atoms. The number of anilines is 1. The number of para-hydroxylation sites is 1. The molecule has 1 aliphatic heterocycles. The fourth-order valence-corrected chi connectivity index (χ4v) is 3.52. The highest BCUT2D eigenvalue weighted by Crippen LogP contribution is 2.46. The second-order valence-electron chi connectivity index (χ2n) is 6.01. The van der Waals surface area contributed by atoms with Crippen LogP contribution < -0.4 is 25.8 Å². The Morgan fingerprint density at radius 3 is 2.56 bits per heavy atom. The molecule has 0 radical (unpaired) electrons. The Morgan fingerprint density at radius 2 is 1.92 bits per heavy atom. The molecule has 4 N–H and O–H groups in total. The quantitative estimate of drug-likeness (QED) is 0.866. The summed E-state index contributed by atoms with van der Waals surface area (Å²) >= 11 is 0. The summed E-state index contributed by atoms with van der Waals surface area (Å²) in [6.45, 7) is -3.01. The van der Waals surface area contributed by atoms with Crippen LogP contribution in [0.3, 0.4) is 0 Å². The summed E-state index contributed by atoms with van der Waals surface area (Å²) in [7, 11) is 1.39. The third kappa shape index (κ3) is 3.18. The van der Waals surface area contributed by atoms with Gasteiger partial charge in [0.15, 0.2) is 11.5 Å². The fraction of sp³-hybridized carbons (Fsp3) is 0.500. The topological polar surface area (TPSA) is 98.5 Å². The summed E-state index contributed by atoms with van der Waals surface area (Å²) in [5, 5.41) is 0. The first kappa shape index (κ1) is 17.2. The fourth-order valence-electron chi connectivity index (χ4n) is 3.52. The van der Waals surface area contributed by atoms with Crippen molar-refractivity contribution in [1.82, 2.24) is 0 Å². The molecule has 1 saturated carbocycles. The zero-order chi connectivity index (χ0) is 18.0. The van der Waals surface area contributed by atoms with Gasteiger partial charge in [-0.1, -0.05) is 12.5 Å². The van der Waals surface area contributed by atoms with Gasteiger partial charge in [0.1, 0.15) is 5.66 Å². The maximum atomic E-state index is 13.0. The Morgan fingerprint density at radius 1 is 1.20 bits per heavy atom. The summed E-state index contributed by atoms with van der Waals surface area (Å²) in [6, 6.07) is 4.86. The number of benzene rings is 1. The van der Waals surface area contributed by atoms with E-state index in [9.17, 15) is 8.78 Å². The van der Waals surface area contributed by atoms with Gasteiger partial charge in [-0.2, -0.15) is 13.8 Å². The molecular formula is C16H21F2N5O2. The van der Waals surface area contributed by atoms with E-state index in [4.69, 9.17) is 20.9 Å². The zero-order valence-corrected chi connectivity index (χ0v) is 13.9. The van der Waals surface area contributed by atoms with E-state index in [0.29, 0.717) is 18.5 Å². The van der Waals surface area contributed by atoms with Crippen LogP contribution in [0.25, 0.3) is 0 Å². The largest absolute Gasteiger partial charge is 0.493 e. The van der Waals surface area contributed by atoms with Crippen LogP contribution in [0.1, 0.15) is 32.1 Å². The van der Waals surface area contributed by atoms with Gasteiger partial charge in [-0.15, -0.1) is 0 Å². The van der Waals surface area contributed by atoms with Gasteiger partial charge in [-0.25, -0.2) is 4.99 Å². The number of hydrogen-bond donors (Lipinski definition) is 2. The summed E-state index contributed by atoms with van der Waals surface area (Å²) in [4.78, 5) is 10.2. The van der Waals surface area contributed by atoms with Crippen LogP contribution in [-0.2, 0) is 0 Å². The van der Waals surface area contributed by atoms with E-state index in [1.807, 2.05) is 0 Å². The summed E-state index contributed by atoms with van der Waals surface area (Å²) in [5.74, 6) is 0.273. The molecular weight excluding hydrogens is 332 g/mol. The number of methoxy groups -OCH3 is 1. The molecule has 3 rings (SSSR count). The van der Waals surface area contributed by atoms with Crippen molar-refractivity contribution in [2.45, 2.75) is 44.4 Å². The van der Waals surface area contributed by atoms with Crippen LogP contribution in [0.2, 0.25) is 0 Å². The third-order valence-electron chi connectivity index (χ3n) is 4.48. The number of nitrogens with two attached hydrogens (primary N) is 2. The smallest absolute Gasteiger partial charge is 0.387 e. The predicted octanol–water partition coefficient (Wildman–Crippen LogP) is 2.41. The molecule has 136 valence electrons. The first-order chi connectivity index (χ1) is 12.0. The summed E-state index contributed by atoms with van der Waals surface area (Å²) in [5.41, 5.74) is 11.5. The third-order valence-corrected chi connectivity index (χ3v) is 4.48. The number of alkyl halides is 2. The normalized spacial score (nSPS) is 19.6. The second-order valence-corrected chi connectivity index (χ2v) is 6.01. The lowest BCUT2D eigenvalue weighted by atomic mass is 9.87. The molecule has 1 heterocycles. The molecule has 0 atom stereocenters. The maximum Gasteiger partial charge on any atom is 0.387 e. The first-order valence-electron chi connectivity index (χ1n) is 8.08. The molecule has 1 aliphatic carbocycles. The van der Waals surface area contributed by atoms with E-state index in [1.165, 1.54) is 7.11 Å². The Kier molecular flexibility index (Phi) is 4.65. The van der Waals surface area contributed by atoms with Gasteiger partial charge in [0.25, 0.3) is 0 Å². The predicted molar refractivity (Wildman–Crippen MR) is 91.2 cm³/mol. The van der Waals surface area contributed by atoms with Crippen LogP contribution >= 0.6 is 0 Å². The van der Waals surface area contributed by atoms with E-state index >= 15 is 0 Å². The van der Waals surface area contributed by atoms with Gasteiger partial charge in [0.05, 0.1) is 12.8 Å². The minimum atomic E-state index is -3.01. The van der Waals surface area contributed by atoms with Gasteiger partial charge in [0.2, 0.25) is 11.9 Å². The summed E-state index contributed by atoms with van der Waals surface area (Å²) < 4.78 is 35.9. The number of rotatable bonds is 4. The molecule has 0 aromatic heterocycles. The van der Waals surface area contributed by atoms with Crippen LogP contribution in [0.15, 0.2) is 28.2 Å². The van der Waals surface area contributed by atoms with Crippen molar-refractivity contribution < 1.29 is 18.3 Å². The lowest BCUT2D eigenvalue weighted by Crippen LogP contribution is -2.58. The molecule has 1 spiro atoms. The molecule has 25 heavy (non-hydrogen) atoms. The van der Waals surface area contributed by atoms with Crippen molar-refractivity contribution in [3.05, 3.63) is 18.2 Å². The van der Waals surface area contributed by atoms with Crippen LogP contribution in [0.5, 0.6) is 11.5 Å². The molecule has 0 unspecified atom stereocenters. The Bertz CT molecular complexity index is 702. The number of guanidine groups is 2. The average Bonchev–Trinajstić information content (AvgIpc) is 2.55. The van der Waals surface area contributed by atoms with Gasteiger partial charge < -0.3 is 20.9 Å². The number of aliphatic imine (C=N–C) groups is 2. The van der Waals surface area contributed by atoms with Crippen molar-refractivity contribution in [3.8, 4) is 11.5 Å². The second kappa shape index (κ2) is 6.73. The molecule has 1 aromatic rings. The van der Waals surface area contributed by atoms with Gasteiger partial charge in [-0.3, -0.25) is 4.90 Å². The lowest BCUT2D eigenvalue weighted by Gasteiger charge is -2.45. The molecule has 2 aliphatic rings. The van der Waals surface area contributed by atoms with Crippen LogP contribution in [0.4, 0.5) is 14.5 Å². The van der Waals surface area contributed by atoms with E-state index in [-0.39, 0.29) is 23.4 Å². The highest BCUT2D eigenvalue weighted by Gasteiger charge is 2.44. The lowest BCUT2D eigenvalue weighted by molar-refractivity contribution is -0.0509. The van der Waals surface area contributed by atoms with E-state index < -0.39 is 12.3 Å². The Labute approximate surface area is 144 Å². The van der Waals surface area contributed by atoms with Gasteiger partial charge in [0, 0.05) is 0 Å². The monoisotopic (exact) mass is 353 g/mol. The number of hydrogen-bond acceptors (Lipinski definition) is 7. The minimum Gasteiger partial charge on any atom is -0.493 e. The molecule has 7 nitrogen and oxygen atoms in total. The highest BCUT2D eigenvalue weighted by atomic mass is 19.3. The SMILES string of the molecule is COc1cccc(N2C(N)=NC(N)=NC23CCCCC3)c1OC(F)F. The van der Waals surface area contributed by atoms with E-state index in [0.717, 1.165) is 19.3 Å². The maximum absolute atomic E-state index is 13.0. The van der Waals surface area contributed by atoms with E-state index in [2.05, 4.69) is 9.98 Å². The first-order valence-corrected chi connectivity index (χ1v) is 8.08. The van der Waals surface area contributed by atoms with Crippen molar-refractivity contribution in [1.29, 1.82) is 0 Å². The molecule has 1 aromatic carbocycles. The van der Waals surface area contributed by atoms with Gasteiger partial charge in [-0.05, 0) is 37.8 Å². The Balaban J connectivity index is 2.14. The van der Waals surface area contributed by atoms with Crippen LogP contribution in [-0.4, -0.2) is 31.3 Å². The standard InChI is InChI=1S/C16H21F2N5O2/c1-24-11-7-5-6-10(12(11)25-13(17)18)23-15(20)21-14(19)22-16(23)8-3-2-4-9-16/h5-7,13H,2-4,8-9H2,1H3,(H4,19,20,21,22). The number of halogens is 2. The Hall–Kier alpha value is -2.58. The summed E-state index contributed by atoms with van der Waals surface area (Å²) in [6.07, 6.45) is 4.30. The zero-order valence-electron chi connectivity index (χ0n) is 13.9. The highest BCUT2D eigenvalue weighted by molar-refractivity contribution is 6.06. The van der Waals surface area contributed by atoms with Crippen LogP contribution in [0, 0.1) is 0 Å². The molecule has 0 amide bonds. The molecule has 1 fully saturated rings. The van der Waals surface area contributed by atoms with Crippen molar-refractivity contribution in [2.24, 2.45) is 21.5 Å². The van der Waals surface area contributed by atoms with Crippen molar-refractivity contribution >= 4 is 17.6 Å². The minimum absolute atomic E-state index is 0.0925. The van der Waals surface area contributed by atoms with Crippen molar-refractivity contribution in [2.75, 3.05) is 12.0 Å². The number of ether oxygens (including phenoxy) is 2.